The number of benzene rings is 1. The number of carbonyl (C=O) groups excluding carboxylic acids is 2. The summed E-state index contributed by atoms with van der Waals surface area (Å²) in [4.78, 5) is 27.5. The fourth-order valence-electron chi connectivity index (χ4n) is 3.73. The lowest BCUT2D eigenvalue weighted by atomic mass is 10.0. The van der Waals surface area contributed by atoms with Gasteiger partial charge in [-0.1, -0.05) is 68.9 Å². The highest BCUT2D eigenvalue weighted by atomic mass is 35.5. The van der Waals surface area contributed by atoms with Gasteiger partial charge in [-0.2, -0.15) is 0 Å². The Labute approximate surface area is 168 Å². The third-order valence-electron chi connectivity index (χ3n) is 5.34. The quantitative estimate of drug-likeness (QED) is 0.513. The van der Waals surface area contributed by atoms with E-state index < -0.39 is 6.04 Å². The van der Waals surface area contributed by atoms with E-state index in [1.165, 1.54) is 12.8 Å². The van der Waals surface area contributed by atoms with Gasteiger partial charge >= 0.3 is 0 Å². The number of amides is 2. The highest BCUT2D eigenvalue weighted by Crippen LogP contribution is 2.25. The molecule has 2 amide bonds. The van der Waals surface area contributed by atoms with E-state index in [0.717, 1.165) is 49.7 Å². The van der Waals surface area contributed by atoms with Crippen LogP contribution in [0.4, 0.5) is 0 Å². The summed E-state index contributed by atoms with van der Waals surface area (Å²) >= 11 is 5.88. The van der Waals surface area contributed by atoms with Gasteiger partial charge in [-0.15, -0.1) is 11.6 Å². The molecule has 1 atom stereocenters. The van der Waals surface area contributed by atoms with Gasteiger partial charge in [-0.05, 0) is 31.7 Å². The van der Waals surface area contributed by atoms with Crippen molar-refractivity contribution in [2.24, 2.45) is 0 Å². The van der Waals surface area contributed by atoms with Crippen molar-refractivity contribution in [2.45, 2.75) is 77.3 Å². The Morgan fingerprint density at radius 1 is 1.15 bits per heavy atom. The number of alkyl halides is 1. The van der Waals surface area contributed by atoms with Crippen molar-refractivity contribution in [3.63, 3.8) is 0 Å². The second-order valence-electron chi connectivity index (χ2n) is 7.58. The van der Waals surface area contributed by atoms with E-state index in [2.05, 4.69) is 12.2 Å². The number of unbranched alkanes of at least 4 members (excludes halogenated alkanes) is 1. The lowest BCUT2D eigenvalue weighted by molar-refractivity contribution is -0.139. The Morgan fingerprint density at radius 3 is 2.33 bits per heavy atom. The van der Waals surface area contributed by atoms with E-state index in [1.807, 2.05) is 31.2 Å². The van der Waals surface area contributed by atoms with Crippen molar-refractivity contribution >= 4 is 23.4 Å². The fourth-order valence-corrected chi connectivity index (χ4v) is 3.88. The number of nitrogens with zero attached hydrogens (tertiary/aromatic N) is 1. The molecule has 1 aliphatic carbocycles. The van der Waals surface area contributed by atoms with Gasteiger partial charge in [0.1, 0.15) is 11.9 Å². The molecule has 4 nitrogen and oxygen atoms in total. The summed E-state index contributed by atoms with van der Waals surface area (Å²) in [6.07, 6.45) is 8.62. The first kappa shape index (κ1) is 21.7. The molecule has 0 saturated heterocycles. The maximum Gasteiger partial charge on any atom is 0.247 e. The van der Waals surface area contributed by atoms with Crippen LogP contribution in [0.3, 0.4) is 0 Å². The molecule has 2 rings (SSSR count). The van der Waals surface area contributed by atoms with Crippen LogP contribution in [0.1, 0.15) is 75.5 Å². The molecule has 1 aromatic rings. The number of hydrogen-bond acceptors (Lipinski definition) is 2. The molecule has 1 unspecified atom stereocenters. The van der Waals surface area contributed by atoms with Crippen molar-refractivity contribution in [1.29, 1.82) is 0 Å². The second kappa shape index (κ2) is 11.3. The van der Waals surface area contributed by atoms with E-state index in [9.17, 15) is 9.59 Å². The van der Waals surface area contributed by atoms with Crippen LogP contribution in [0.5, 0.6) is 0 Å². The van der Waals surface area contributed by atoms with Crippen molar-refractivity contribution in [1.82, 2.24) is 10.2 Å². The van der Waals surface area contributed by atoms with Crippen LogP contribution in [-0.2, 0) is 9.59 Å². The summed E-state index contributed by atoms with van der Waals surface area (Å²) in [5, 5.41) is 3.23. The molecular formula is C22H33ClN2O2. The first-order valence-corrected chi connectivity index (χ1v) is 10.8. The number of aryl methyl sites for hydroxylation is 1. The summed E-state index contributed by atoms with van der Waals surface area (Å²) in [7, 11) is 0. The van der Waals surface area contributed by atoms with Crippen molar-refractivity contribution in [3.05, 3.63) is 35.4 Å². The number of nitrogens with one attached hydrogen (secondary N) is 1. The van der Waals surface area contributed by atoms with E-state index in [4.69, 9.17) is 11.6 Å². The van der Waals surface area contributed by atoms with Gasteiger partial charge in [-0.25, -0.2) is 0 Å². The Bertz CT molecular complexity index is 595. The molecular weight excluding hydrogens is 360 g/mol. The topological polar surface area (TPSA) is 49.4 Å². The molecule has 0 radical (unpaired) electrons. The zero-order valence-electron chi connectivity index (χ0n) is 16.7. The maximum absolute atomic E-state index is 13.3. The Morgan fingerprint density at radius 2 is 1.78 bits per heavy atom. The number of rotatable bonds is 8. The zero-order chi connectivity index (χ0) is 19.6. The van der Waals surface area contributed by atoms with Crippen LogP contribution >= 0.6 is 11.6 Å². The van der Waals surface area contributed by atoms with Crippen LogP contribution in [0.2, 0.25) is 0 Å². The number of halogens is 1. The predicted octanol–water partition coefficient (Wildman–Crippen LogP) is 4.74. The Balaban J connectivity index is 2.27. The van der Waals surface area contributed by atoms with Gasteiger partial charge in [0, 0.05) is 12.6 Å². The van der Waals surface area contributed by atoms with Crippen LogP contribution in [-0.4, -0.2) is 35.2 Å². The summed E-state index contributed by atoms with van der Waals surface area (Å²) < 4.78 is 0. The normalized spacial score (nSPS) is 16.4. The molecule has 0 bridgehead atoms. The molecule has 0 aliphatic heterocycles. The van der Waals surface area contributed by atoms with Crippen molar-refractivity contribution < 1.29 is 9.59 Å². The number of carbonyl (C=O) groups is 2. The van der Waals surface area contributed by atoms with E-state index in [0.29, 0.717) is 6.54 Å². The SMILES string of the molecule is CCCCN(C(=O)CCl)C(C(=O)NC1CCCCCC1)c1ccc(C)cc1. The standard InChI is InChI=1S/C22H33ClN2O2/c1-3-4-15-25(20(26)16-23)21(18-13-11-17(2)12-14-18)22(27)24-19-9-7-5-6-8-10-19/h11-14,19,21H,3-10,15-16H2,1-2H3,(H,24,27). The first-order valence-electron chi connectivity index (χ1n) is 10.3. The molecule has 1 aromatic carbocycles. The summed E-state index contributed by atoms with van der Waals surface area (Å²) in [5.74, 6) is -0.380. The Kier molecular flexibility index (Phi) is 9.12. The van der Waals surface area contributed by atoms with E-state index in [1.54, 1.807) is 4.90 Å². The summed E-state index contributed by atoms with van der Waals surface area (Å²) in [6.45, 7) is 4.64. The monoisotopic (exact) mass is 392 g/mol. The van der Waals surface area contributed by atoms with Crippen LogP contribution in [0, 0.1) is 6.92 Å². The molecule has 150 valence electrons. The zero-order valence-corrected chi connectivity index (χ0v) is 17.4. The van der Waals surface area contributed by atoms with Crippen LogP contribution in [0.25, 0.3) is 0 Å². The third-order valence-corrected chi connectivity index (χ3v) is 5.57. The summed E-state index contributed by atoms with van der Waals surface area (Å²) in [6, 6.07) is 7.47. The van der Waals surface area contributed by atoms with Gasteiger partial charge in [0.2, 0.25) is 11.8 Å². The molecule has 0 spiro atoms. The maximum atomic E-state index is 13.3. The first-order chi connectivity index (χ1) is 13.1. The van der Waals surface area contributed by atoms with E-state index in [-0.39, 0.29) is 23.7 Å². The van der Waals surface area contributed by atoms with Gasteiger partial charge in [-0.3, -0.25) is 9.59 Å². The lowest BCUT2D eigenvalue weighted by Gasteiger charge is -2.32. The van der Waals surface area contributed by atoms with Gasteiger partial charge < -0.3 is 10.2 Å². The highest BCUT2D eigenvalue weighted by molar-refractivity contribution is 6.27. The predicted molar refractivity (Wildman–Crippen MR) is 111 cm³/mol. The summed E-state index contributed by atoms with van der Waals surface area (Å²) in [5.41, 5.74) is 1.98. The van der Waals surface area contributed by atoms with Gasteiger partial charge in [0.05, 0.1) is 0 Å². The molecule has 1 saturated carbocycles. The van der Waals surface area contributed by atoms with Crippen molar-refractivity contribution in [2.75, 3.05) is 12.4 Å². The number of hydrogen-bond donors (Lipinski definition) is 1. The average molecular weight is 393 g/mol. The minimum atomic E-state index is -0.619. The largest absolute Gasteiger partial charge is 0.351 e. The molecule has 1 aliphatic rings. The average Bonchev–Trinajstić information content (AvgIpc) is 2.94. The third kappa shape index (κ3) is 6.53. The minimum Gasteiger partial charge on any atom is -0.351 e. The Hall–Kier alpha value is -1.55. The lowest BCUT2D eigenvalue weighted by Crippen LogP contribution is -2.47. The van der Waals surface area contributed by atoms with Gasteiger partial charge in [0.15, 0.2) is 0 Å². The minimum absolute atomic E-state index is 0.0830. The molecule has 1 N–H and O–H groups in total. The van der Waals surface area contributed by atoms with Crippen LogP contribution in [0.15, 0.2) is 24.3 Å². The highest BCUT2D eigenvalue weighted by Gasteiger charge is 2.31. The van der Waals surface area contributed by atoms with Crippen molar-refractivity contribution in [3.8, 4) is 0 Å². The molecule has 1 fully saturated rings. The van der Waals surface area contributed by atoms with Gasteiger partial charge in [0.25, 0.3) is 0 Å². The molecule has 27 heavy (non-hydrogen) atoms. The van der Waals surface area contributed by atoms with E-state index >= 15 is 0 Å². The molecule has 5 heteroatoms. The second-order valence-corrected chi connectivity index (χ2v) is 7.85. The molecule has 0 aromatic heterocycles. The smallest absolute Gasteiger partial charge is 0.247 e. The molecule has 0 heterocycles. The van der Waals surface area contributed by atoms with Crippen LogP contribution < -0.4 is 5.32 Å². The fraction of sp³-hybridized carbons (Fsp3) is 0.636.